The van der Waals surface area contributed by atoms with Crippen LogP contribution in [-0.2, 0) is 0 Å². The molecule has 17 heavy (non-hydrogen) atoms. The Hall–Kier alpha value is -1.37. The fraction of sp³-hybridized carbons (Fsp3) is 0.385. The number of hydrogen-bond acceptors (Lipinski definition) is 3. The van der Waals surface area contributed by atoms with Gasteiger partial charge in [0.15, 0.2) is 0 Å². The maximum absolute atomic E-state index is 8.63. The smallest absolute Gasteiger partial charge is 0.104 e. The van der Waals surface area contributed by atoms with Crippen LogP contribution in [0.4, 0.5) is 11.4 Å². The normalized spacial score (nSPS) is 14.0. The van der Waals surface area contributed by atoms with E-state index in [0.717, 1.165) is 18.2 Å². The lowest BCUT2D eigenvalue weighted by Gasteiger charge is -2.11. The molecule has 0 radical (unpaired) electrons. The molecule has 4 heteroatoms. The number of anilines is 2. The highest BCUT2D eigenvalue weighted by Crippen LogP contribution is 2.33. The minimum absolute atomic E-state index is 0.183. The highest BCUT2D eigenvalue weighted by molar-refractivity contribution is 6.35. The number of rotatable bonds is 3. The molecular formula is C13H15ClN2O. The van der Waals surface area contributed by atoms with Crippen molar-refractivity contribution in [3.8, 4) is 11.8 Å². The van der Waals surface area contributed by atoms with Gasteiger partial charge in [-0.25, -0.2) is 0 Å². The van der Waals surface area contributed by atoms with Gasteiger partial charge in [0.1, 0.15) is 6.61 Å². The van der Waals surface area contributed by atoms with Gasteiger partial charge in [0.25, 0.3) is 0 Å². The minimum Gasteiger partial charge on any atom is -0.396 e. The number of halogens is 1. The highest BCUT2D eigenvalue weighted by Gasteiger charge is 2.21. The molecule has 0 saturated heterocycles. The number of nitrogen functional groups attached to an aromatic ring is 1. The molecule has 0 heterocycles. The lowest BCUT2D eigenvalue weighted by atomic mass is 10.1. The predicted molar refractivity (Wildman–Crippen MR) is 71.0 cm³/mol. The number of nitrogens with two attached hydrogens (primary N) is 1. The molecule has 0 atom stereocenters. The van der Waals surface area contributed by atoms with Crippen LogP contribution in [0.15, 0.2) is 12.1 Å². The van der Waals surface area contributed by atoms with Crippen LogP contribution < -0.4 is 11.1 Å². The average molecular weight is 251 g/mol. The first kappa shape index (κ1) is 12.1. The first-order valence-electron chi connectivity index (χ1n) is 5.64. The summed E-state index contributed by atoms with van der Waals surface area (Å²) in [4.78, 5) is 0. The van der Waals surface area contributed by atoms with Crippen molar-refractivity contribution in [2.24, 2.45) is 5.92 Å². The van der Waals surface area contributed by atoms with Crippen LogP contribution in [0, 0.1) is 17.8 Å². The molecule has 0 aliphatic heterocycles. The number of benzene rings is 1. The van der Waals surface area contributed by atoms with Crippen molar-refractivity contribution in [2.45, 2.75) is 12.8 Å². The third kappa shape index (κ3) is 3.06. The zero-order chi connectivity index (χ0) is 12.3. The van der Waals surface area contributed by atoms with Gasteiger partial charge in [0, 0.05) is 12.1 Å². The monoisotopic (exact) mass is 250 g/mol. The van der Waals surface area contributed by atoms with E-state index in [1.54, 1.807) is 0 Å². The van der Waals surface area contributed by atoms with Crippen molar-refractivity contribution < 1.29 is 5.11 Å². The van der Waals surface area contributed by atoms with Crippen molar-refractivity contribution in [2.75, 3.05) is 24.2 Å². The summed E-state index contributed by atoms with van der Waals surface area (Å²) in [6, 6.07) is 3.70. The molecule has 1 fully saturated rings. The molecule has 2 rings (SSSR count). The predicted octanol–water partition coefficient (Wildman–Crippen LogP) is 2.09. The Bertz CT molecular complexity index is 472. The molecule has 1 aliphatic carbocycles. The van der Waals surface area contributed by atoms with Crippen LogP contribution in [0.3, 0.4) is 0 Å². The van der Waals surface area contributed by atoms with Crippen LogP contribution in [0.25, 0.3) is 0 Å². The molecule has 1 saturated carbocycles. The molecule has 1 aromatic rings. The first-order valence-corrected chi connectivity index (χ1v) is 6.01. The molecule has 0 aromatic heterocycles. The number of hydrogen-bond donors (Lipinski definition) is 3. The second-order valence-electron chi connectivity index (χ2n) is 4.17. The average Bonchev–Trinajstić information content (AvgIpc) is 3.14. The molecule has 4 N–H and O–H groups in total. The topological polar surface area (TPSA) is 58.3 Å². The highest BCUT2D eigenvalue weighted by atomic mass is 35.5. The maximum Gasteiger partial charge on any atom is 0.104 e. The van der Waals surface area contributed by atoms with Crippen LogP contribution >= 0.6 is 11.6 Å². The second-order valence-corrected chi connectivity index (χ2v) is 4.55. The molecule has 0 unspecified atom stereocenters. The van der Waals surface area contributed by atoms with Gasteiger partial charge in [-0.05, 0) is 30.9 Å². The van der Waals surface area contributed by atoms with E-state index >= 15 is 0 Å². The molecule has 0 spiro atoms. The second kappa shape index (κ2) is 5.31. The Kier molecular flexibility index (Phi) is 3.78. The molecule has 0 amide bonds. The Balaban J connectivity index is 2.15. The van der Waals surface area contributed by atoms with Gasteiger partial charge in [-0.3, -0.25) is 0 Å². The van der Waals surface area contributed by atoms with Crippen molar-refractivity contribution in [3.05, 3.63) is 22.7 Å². The van der Waals surface area contributed by atoms with E-state index in [2.05, 4.69) is 17.2 Å². The summed E-state index contributed by atoms with van der Waals surface area (Å²) < 4.78 is 0. The summed E-state index contributed by atoms with van der Waals surface area (Å²) in [5, 5.41) is 12.4. The summed E-state index contributed by atoms with van der Waals surface area (Å²) in [7, 11) is 0. The summed E-state index contributed by atoms with van der Waals surface area (Å²) in [5.74, 6) is 6.11. The van der Waals surface area contributed by atoms with Gasteiger partial charge in [0.05, 0.1) is 16.4 Å². The van der Waals surface area contributed by atoms with Crippen molar-refractivity contribution in [1.29, 1.82) is 0 Å². The number of aliphatic hydroxyl groups is 1. The Morgan fingerprint density at radius 1 is 1.47 bits per heavy atom. The van der Waals surface area contributed by atoms with Gasteiger partial charge in [-0.2, -0.15) is 0 Å². The molecular weight excluding hydrogens is 236 g/mol. The van der Waals surface area contributed by atoms with Crippen LogP contribution in [0.2, 0.25) is 5.02 Å². The Morgan fingerprint density at radius 3 is 2.88 bits per heavy atom. The maximum atomic E-state index is 8.63. The van der Waals surface area contributed by atoms with Gasteiger partial charge in [-0.15, -0.1) is 0 Å². The first-order chi connectivity index (χ1) is 8.22. The van der Waals surface area contributed by atoms with E-state index in [1.807, 2.05) is 12.1 Å². The number of nitrogens with one attached hydrogen (secondary N) is 1. The summed E-state index contributed by atoms with van der Waals surface area (Å²) in [6.45, 7) is 0.764. The largest absolute Gasteiger partial charge is 0.396 e. The molecule has 1 aliphatic rings. The van der Waals surface area contributed by atoms with Gasteiger partial charge >= 0.3 is 0 Å². The number of aliphatic hydroxyl groups excluding tert-OH is 1. The van der Waals surface area contributed by atoms with Gasteiger partial charge in [-0.1, -0.05) is 23.4 Å². The molecule has 1 aromatic carbocycles. The zero-order valence-corrected chi connectivity index (χ0v) is 10.2. The zero-order valence-electron chi connectivity index (χ0n) is 9.46. The van der Waals surface area contributed by atoms with Crippen molar-refractivity contribution >= 4 is 23.0 Å². The molecule has 0 bridgehead atoms. The SMILES string of the molecule is Nc1c(NCC2CC2)ccc(C#CCO)c1Cl. The fourth-order valence-corrected chi connectivity index (χ4v) is 1.77. The van der Waals surface area contributed by atoms with Crippen molar-refractivity contribution in [3.63, 3.8) is 0 Å². The van der Waals surface area contributed by atoms with E-state index < -0.39 is 0 Å². The molecule has 3 nitrogen and oxygen atoms in total. The van der Waals surface area contributed by atoms with Crippen LogP contribution in [0.1, 0.15) is 18.4 Å². The molecule has 90 valence electrons. The Morgan fingerprint density at radius 2 is 2.24 bits per heavy atom. The van der Waals surface area contributed by atoms with Crippen LogP contribution in [0.5, 0.6) is 0 Å². The van der Waals surface area contributed by atoms with Crippen LogP contribution in [-0.4, -0.2) is 18.3 Å². The van der Waals surface area contributed by atoms with Gasteiger partial charge < -0.3 is 16.2 Å². The van der Waals surface area contributed by atoms with Crippen molar-refractivity contribution in [1.82, 2.24) is 0 Å². The lowest BCUT2D eigenvalue weighted by molar-refractivity contribution is 0.350. The third-order valence-electron chi connectivity index (χ3n) is 2.76. The van der Waals surface area contributed by atoms with E-state index in [0.29, 0.717) is 16.3 Å². The van der Waals surface area contributed by atoms with E-state index in [9.17, 15) is 0 Å². The van der Waals surface area contributed by atoms with Gasteiger partial charge in [0.2, 0.25) is 0 Å². The summed E-state index contributed by atoms with van der Waals surface area (Å²) >= 11 is 6.12. The summed E-state index contributed by atoms with van der Waals surface area (Å²) in [6.07, 6.45) is 2.58. The lowest BCUT2D eigenvalue weighted by Crippen LogP contribution is -2.06. The standard InChI is InChI=1S/C13H15ClN2O/c14-12-10(2-1-7-17)5-6-11(13(12)15)16-8-9-3-4-9/h5-6,9,16-17H,3-4,7-8,15H2. The minimum atomic E-state index is -0.183. The van der Waals surface area contributed by atoms with E-state index in [4.69, 9.17) is 22.4 Å². The summed E-state index contributed by atoms with van der Waals surface area (Å²) in [5.41, 5.74) is 7.97. The van der Waals surface area contributed by atoms with E-state index in [1.165, 1.54) is 12.8 Å². The Labute approximate surface area is 106 Å². The van der Waals surface area contributed by atoms with E-state index in [-0.39, 0.29) is 6.61 Å². The third-order valence-corrected chi connectivity index (χ3v) is 3.17. The quantitative estimate of drug-likeness (QED) is 0.569. The fourth-order valence-electron chi connectivity index (χ4n) is 1.55.